The van der Waals surface area contributed by atoms with E-state index in [0.717, 1.165) is 48.4 Å². The molecule has 1 atom stereocenters. The number of piperidine rings is 1. The predicted molar refractivity (Wildman–Crippen MR) is 139 cm³/mol. The highest BCUT2D eigenvalue weighted by Crippen LogP contribution is 2.28. The third kappa shape index (κ3) is 6.85. The largest absolute Gasteiger partial charge is 0.494 e. The van der Waals surface area contributed by atoms with Crippen LogP contribution in [0.2, 0.25) is 0 Å². The second-order valence-corrected chi connectivity index (χ2v) is 8.88. The zero-order valence-corrected chi connectivity index (χ0v) is 20.2. The van der Waals surface area contributed by atoms with Crippen LogP contribution < -0.4 is 15.4 Å². The molecule has 6 nitrogen and oxygen atoms in total. The predicted octanol–water partition coefficient (Wildman–Crippen LogP) is 5.82. The van der Waals surface area contributed by atoms with E-state index in [1.807, 2.05) is 77.7 Å². The average molecular weight is 472 g/mol. The van der Waals surface area contributed by atoms with Crippen LogP contribution >= 0.6 is 0 Å². The maximum absolute atomic E-state index is 12.8. The summed E-state index contributed by atoms with van der Waals surface area (Å²) < 4.78 is 5.61. The SMILES string of the molecule is CCCOc1ccc(CNC(=O)c2cccc(C3CCCN(C(=O)Nc4ccccc4)C3)c2)cc1. The number of urea groups is 1. The molecular formula is C29H33N3O3. The molecule has 4 rings (SSSR count). The van der Waals surface area contributed by atoms with Crippen molar-refractivity contribution in [2.75, 3.05) is 25.0 Å². The van der Waals surface area contributed by atoms with Crippen LogP contribution in [0.15, 0.2) is 78.9 Å². The molecule has 182 valence electrons. The maximum Gasteiger partial charge on any atom is 0.321 e. The number of carbonyl (C=O) groups is 2. The molecule has 1 unspecified atom stereocenters. The van der Waals surface area contributed by atoms with Gasteiger partial charge in [-0.15, -0.1) is 0 Å². The van der Waals surface area contributed by atoms with Crippen molar-refractivity contribution in [1.29, 1.82) is 0 Å². The summed E-state index contributed by atoms with van der Waals surface area (Å²) in [7, 11) is 0. The van der Waals surface area contributed by atoms with Crippen LogP contribution in [0.4, 0.5) is 10.5 Å². The Morgan fingerprint density at radius 3 is 2.57 bits per heavy atom. The molecule has 0 bridgehead atoms. The van der Waals surface area contributed by atoms with Gasteiger partial charge >= 0.3 is 6.03 Å². The van der Waals surface area contributed by atoms with E-state index in [2.05, 4.69) is 23.6 Å². The first-order valence-corrected chi connectivity index (χ1v) is 12.3. The van der Waals surface area contributed by atoms with Crippen molar-refractivity contribution in [2.45, 2.75) is 38.6 Å². The molecule has 6 heteroatoms. The lowest BCUT2D eigenvalue weighted by molar-refractivity contribution is 0.0950. The normalized spacial score (nSPS) is 15.3. The Labute approximate surface area is 207 Å². The second-order valence-electron chi connectivity index (χ2n) is 8.88. The highest BCUT2D eigenvalue weighted by atomic mass is 16.5. The molecule has 3 amide bonds. The lowest BCUT2D eigenvalue weighted by Gasteiger charge is -2.33. The quantitative estimate of drug-likeness (QED) is 0.435. The third-order valence-electron chi connectivity index (χ3n) is 6.20. The highest BCUT2D eigenvalue weighted by molar-refractivity contribution is 5.94. The maximum atomic E-state index is 12.8. The first-order chi connectivity index (χ1) is 17.1. The van der Waals surface area contributed by atoms with Crippen LogP contribution in [0.1, 0.15) is 53.6 Å². The first-order valence-electron chi connectivity index (χ1n) is 12.3. The number of hydrogen-bond acceptors (Lipinski definition) is 3. The Morgan fingerprint density at radius 2 is 1.80 bits per heavy atom. The Morgan fingerprint density at radius 1 is 1.00 bits per heavy atom. The lowest BCUT2D eigenvalue weighted by atomic mass is 9.89. The van der Waals surface area contributed by atoms with Gasteiger partial charge in [0.2, 0.25) is 0 Å². The zero-order valence-electron chi connectivity index (χ0n) is 20.2. The number of benzene rings is 3. The van der Waals surface area contributed by atoms with Crippen molar-refractivity contribution in [2.24, 2.45) is 0 Å². The van der Waals surface area contributed by atoms with Gasteiger partial charge in [0.15, 0.2) is 0 Å². The minimum absolute atomic E-state index is 0.0825. The summed E-state index contributed by atoms with van der Waals surface area (Å²) in [6.07, 6.45) is 2.89. The molecule has 1 aliphatic rings. The fourth-order valence-electron chi connectivity index (χ4n) is 4.30. The Hall–Kier alpha value is -3.80. The summed E-state index contributed by atoms with van der Waals surface area (Å²) in [5.74, 6) is 0.940. The Balaban J connectivity index is 1.33. The molecule has 2 N–H and O–H groups in total. The first kappa shape index (κ1) is 24.3. The molecule has 0 radical (unpaired) electrons. The molecule has 1 aliphatic heterocycles. The van der Waals surface area contributed by atoms with Crippen LogP contribution in [0.25, 0.3) is 0 Å². The van der Waals surface area contributed by atoms with Gasteiger partial charge in [0.05, 0.1) is 6.61 Å². The minimum atomic E-state index is -0.104. The Bertz CT molecular complexity index is 1120. The van der Waals surface area contributed by atoms with E-state index >= 15 is 0 Å². The average Bonchev–Trinajstić information content (AvgIpc) is 2.92. The van der Waals surface area contributed by atoms with E-state index in [0.29, 0.717) is 25.3 Å². The topological polar surface area (TPSA) is 70.7 Å². The van der Waals surface area contributed by atoms with E-state index in [1.54, 1.807) is 0 Å². The number of nitrogens with zero attached hydrogens (tertiary/aromatic N) is 1. The molecule has 0 aliphatic carbocycles. The fourth-order valence-corrected chi connectivity index (χ4v) is 4.30. The molecule has 3 aromatic rings. The van der Waals surface area contributed by atoms with Crippen molar-refractivity contribution < 1.29 is 14.3 Å². The van der Waals surface area contributed by atoms with Crippen LogP contribution in [0, 0.1) is 0 Å². The fraction of sp³-hybridized carbons (Fsp3) is 0.310. The minimum Gasteiger partial charge on any atom is -0.494 e. The monoisotopic (exact) mass is 471 g/mol. The molecule has 0 aromatic heterocycles. The van der Waals surface area contributed by atoms with E-state index in [1.165, 1.54) is 0 Å². The van der Waals surface area contributed by atoms with Gasteiger partial charge in [0.25, 0.3) is 5.91 Å². The standard InChI is InChI=1S/C29H33N3O3/c1-2-18-35-27-15-13-22(14-16-27)20-30-28(33)24-9-6-8-23(19-24)25-10-7-17-32(21-25)29(34)31-26-11-4-3-5-12-26/h3-6,8-9,11-16,19,25H,2,7,10,17-18,20-21H2,1H3,(H,30,33)(H,31,34). The van der Waals surface area contributed by atoms with Crippen molar-refractivity contribution in [3.05, 3.63) is 95.6 Å². The van der Waals surface area contributed by atoms with Crippen LogP contribution in [-0.2, 0) is 6.54 Å². The summed E-state index contributed by atoms with van der Waals surface area (Å²) >= 11 is 0. The van der Waals surface area contributed by atoms with E-state index in [4.69, 9.17) is 4.74 Å². The molecule has 1 saturated heterocycles. The number of para-hydroxylation sites is 1. The second kappa shape index (κ2) is 12.1. The summed E-state index contributed by atoms with van der Waals surface area (Å²) in [6.45, 7) is 4.59. The zero-order chi connectivity index (χ0) is 24.5. The van der Waals surface area contributed by atoms with Gasteiger partial charge < -0.3 is 20.3 Å². The van der Waals surface area contributed by atoms with Gasteiger partial charge in [-0.05, 0) is 66.8 Å². The van der Waals surface area contributed by atoms with Gasteiger partial charge in [0.1, 0.15) is 5.75 Å². The van der Waals surface area contributed by atoms with Gasteiger partial charge in [-0.25, -0.2) is 4.79 Å². The molecular weight excluding hydrogens is 438 g/mol. The lowest BCUT2D eigenvalue weighted by Crippen LogP contribution is -2.41. The van der Waals surface area contributed by atoms with Gasteiger partial charge in [-0.2, -0.15) is 0 Å². The highest BCUT2D eigenvalue weighted by Gasteiger charge is 2.25. The van der Waals surface area contributed by atoms with Crippen molar-refractivity contribution >= 4 is 17.6 Å². The number of carbonyl (C=O) groups excluding carboxylic acids is 2. The number of rotatable bonds is 8. The van der Waals surface area contributed by atoms with Crippen LogP contribution in [0.3, 0.4) is 0 Å². The molecule has 3 aromatic carbocycles. The molecule has 0 spiro atoms. The van der Waals surface area contributed by atoms with E-state index < -0.39 is 0 Å². The van der Waals surface area contributed by atoms with Crippen LogP contribution in [-0.4, -0.2) is 36.5 Å². The third-order valence-corrected chi connectivity index (χ3v) is 6.20. The molecule has 35 heavy (non-hydrogen) atoms. The smallest absolute Gasteiger partial charge is 0.321 e. The molecule has 1 fully saturated rings. The number of hydrogen-bond donors (Lipinski definition) is 2. The summed E-state index contributed by atoms with van der Waals surface area (Å²) in [5.41, 5.74) is 3.54. The number of ether oxygens (including phenoxy) is 1. The number of likely N-dealkylation sites (tertiary alicyclic amines) is 1. The number of anilines is 1. The van der Waals surface area contributed by atoms with Crippen LogP contribution in [0.5, 0.6) is 5.75 Å². The van der Waals surface area contributed by atoms with Crippen molar-refractivity contribution in [3.63, 3.8) is 0 Å². The van der Waals surface area contributed by atoms with Crippen molar-refractivity contribution in [3.8, 4) is 5.75 Å². The van der Waals surface area contributed by atoms with Gasteiger partial charge in [-0.1, -0.05) is 49.4 Å². The van der Waals surface area contributed by atoms with E-state index in [9.17, 15) is 9.59 Å². The van der Waals surface area contributed by atoms with Gasteiger partial charge in [-0.3, -0.25) is 4.79 Å². The number of amides is 3. The molecule has 1 heterocycles. The van der Waals surface area contributed by atoms with Gasteiger partial charge in [0, 0.05) is 36.8 Å². The molecule has 0 saturated carbocycles. The number of nitrogens with one attached hydrogen (secondary N) is 2. The Kier molecular flexibility index (Phi) is 8.39. The van der Waals surface area contributed by atoms with Crippen molar-refractivity contribution in [1.82, 2.24) is 10.2 Å². The summed E-state index contributed by atoms with van der Waals surface area (Å²) in [6, 6.07) is 25.0. The summed E-state index contributed by atoms with van der Waals surface area (Å²) in [4.78, 5) is 27.4. The van der Waals surface area contributed by atoms with E-state index in [-0.39, 0.29) is 17.9 Å². The summed E-state index contributed by atoms with van der Waals surface area (Å²) in [5, 5.41) is 5.98.